The molecule has 0 aliphatic rings. The van der Waals surface area contributed by atoms with Gasteiger partial charge in [0.2, 0.25) is 0 Å². The molecule has 0 aliphatic heterocycles. The normalized spacial score (nSPS) is 9.65. The van der Waals surface area contributed by atoms with Crippen LogP contribution in [0.4, 0.5) is 11.5 Å². The van der Waals surface area contributed by atoms with E-state index in [4.69, 9.17) is 5.26 Å². The molecular formula is C15H13N3O2. The highest BCUT2D eigenvalue weighted by Gasteiger charge is 2.12. The first-order valence-corrected chi connectivity index (χ1v) is 5.94. The second-order valence-corrected chi connectivity index (χ2v) is 4.08. The van der Waals surface area contributed by atoms with Crippen molar-refractivity contribution in [3.63, 3.8) is 0 Å². The van der Waals surface area contributed by atoms with Crippen LogP contribution in [0.25, 0.3) is 0 Å². The number of para-hydroxylation sites is 1. The van der Waals surface area contributed by atoms with E-state index in [-0.39, 0.29) is 0 Å². The summed E-state index contributed by atoms with van der Waals surface area (Å²) in [4.78, 5) is 17.5. The average molecular weight is 267 g/mol. The quantitative estimate of drug-likeness (QED) is 0.799. The van der Waals surface area contributed by atoms with Crippen molar-refractivity contribution in [1.29, 1.82) is 5.26 Å². The number of ether oxygens (including phenoxy) is 1. The molecule has 0 bridgehead atoms. The van der Waals surface area contributed by atoms with Gasteiger partial charge in [0.05, 0.1) is 23.9 Å². The fourth-order valence-electron chi connectivity index (χ4n) is 1.83. The molecule has 2 rings (SSSR count). The fraction of sp³-hybridized carbons (Fsp3) is 0.133. The van der Waals surface area contributed by atoms with Crippen LogP contribution in [0.2, 0.25) is 0 Å². The minimum Gasteiger partial charge on any atom is -0.465 e. The van der Waals surface area contributed by atoms with Crippen molar-refractivity contribution in [3.05, 3.63) is 53.7 Å². The van der Waals surface area contributed by atoms with Crippen molar-refractivity contribution in [2.45, 2.75) is 0 Å². The molecule has 1 heterocycles. The number of hydrogen-bond donors (Lipinski definition) is 0. The van der Waals surface area contributed by atoms with Crippen molar-refractivity contribution < 1.29 is 9.53 Å². The van der Waals surface area contributed by atoms with Gasteiger partial charge in [-0.1, -0.05) is 12.1 Å². The highest BCUT2D eigenvalue weighted by molar-refractivity contribution is 5.90. The number of esters is 1. The zero-order valence-corrected chi connectivity index (χ0v) is 11.2. The number of nitrogens with zero attached hydrogens (tertiary/aromatic N) is 3. The van der Waals surface area contributed by atoms with Gasteiger partial charge in [0.25, 0.3) is 0 Å². The molecule has 2 aromatic rings. The predicted molar refractivity (Wildman–Crippen MR) is 74.8 cm³/mol. The number of carbonyl (C=O) groups is 1. The third-order valence-electron chi connectivity index (χ3n) is 2.90. The standard InChI is InChI=1S/C15H13N3O2/c1-18(13-6-4-3-5-12(13)10-16)14-9-11(7-8-17-14)15(19)20-2/h3-9H,1-2H3. The third-order valence-corrected chi connectivity index (χ3v) is 2.90. The molecule has 0 saturated heterocycles. The van der Waals surface area contributed by atoms with Gasteiger partial charge in [-0.05, 0) is 24.3 Å². The number of carbonyl (C=O) groups excluding carboxylic acids is 1. The summed E-state index contributed by atoms with van der Waals surface area (Å²) in [7, 11) is 3.12. The van der Waals surface area contributed by atoms with Crippen molar-refractivity contribution in [1.82, 2.24) is 4.98 Å². The van der Waals surface area contributed by atoms with E-state index in [1.807, 2.05) is 12.1 Å². The largest absolute Gasteiger partial charge is 0.465 e. The minimum atomic E-state index is -0.421. The molecule has 0 amide bonds. The maximum atomic E-state index is 11.5. The Labute approximate surface area is 117 Å². The van der Waals surface area contributed by atoms with E-state index in [1.54, 1.807) is 36.2 Å². The lowest BCUT2D eigenvalue weighted by Crippen LogP contribution is -2.13. The van der Waals surface area contributed by atoms with Gasteiger partial charge in [0.1, 0.15) is 11.9 Å². The van der Waals surface area contributed by atoms with Crippen LogP contribution in [-0.2, 0) is 4.74 Å². The molecule has 100 valence electrons. The fourth-order valence-corrected chi connectivity index (χ4v) is 1.83. The number of rotatable bonds is 3. The molecule has 0 N–H and O–H groups in total. The Hall–Kier alpha value is -2.87. The summed E-state index contributed by atoms with van der Waals surface area (Å²) in [6, 6.07) is 12.5. The Balaban J connectivity index is 2.41. The summed E-state index contributed by atoms with van der Waals surface area (Å²) >= 11 is 0. The van der Waals surface area contributed by atoms with Crippen LogP contribution >= 0.6 is 0 Å². The minimum absolute atomic E-state index is 0.416. The lowest BCUT2D eigenvalue weighted by atomic mass is 10.1. The van der Waals surface area contributed by atoms with Gasteiger partial charge in [-0.15, -0.1) is 0 Å². The summed E-state index contributed by atoms with van der Waals surface area (Å²) in [5.41, 5.74) is 1.68. The van der Waals surface area contributed by atoms with Crippen LogP contribution in [-0.4, -0.2) is 25.1 Å². The molecule has 1 aromatic carbocycles. The van der Waals surface area contributed by atoms with Crippen LogP contribution in [0, 0.1) is 11.3 Å². The van der Waals surface area contributed by atoms with E-state index < -0.39 is 5.97 Å². The first-order chi connectivity index (χ1) is 9.67. The molecule has 5 nitrogen and oxygen atoms in total. The van der Waals surface area contributed by atoms with E-state index in [0.29, 0.717) is 16.9 Å². The predicted octanol–water partition coefficient (Wildman–Crippen LogP) is 2.51. The lowest BCUT2D eigenvalue weighted by molar-refractivity contribution is 0.0600. The number of aromatic nitrogens is 1. The highest BCUT2D eigenvalue weighted by Crippen LogP contribution is 2.25. The van der Waals surface area contributed by atoms with Gasteiger partial charge in [0.15, 0.2) is 0 Å². The molecule has 20 heavy (non-hydrogen) atoms. The van der Waals surface area contributed by atoms with E-state index in [2.05, 4.69) is 15.8 Å². The summed E-state index contributed by atoms with van der Waals surface area (Å²) in [5.74, 6) is 0.145. The first-order valence-electron chi connectivity index (χ1n) is 5.94. The molecule has 0 radical (unpaired) electrons. The maximum absolute atomic E-state index is 11.5. The van der Waals surface area contributed by atoms with Crippen molar-refractivity contribution >= 4 is 17.5 Å². The molecule has 0 aliphatic carbocycles. The summed E-state index contributed by atoms with van der Waals surface area (Å²) < 4.78 is 4.68. The smallest absolute Gasteiger partial charge is 0.338 e. The Morgan fingerprint density at radius 2 is 2.10 bits per heavy atom. The molecular weight excluding hydrogens is 254 g/mol. The number of anilines is 2. The second-order valence-electron chi connectivity index (χ2n) is 4.08. The van der Waals surface area contributed by atoms with Gasteiger partial charge < -0.3 is 9.64 Å². The van der Waals surface area contributed by atoms with Crippen LogP contribution < -0.4 is 4.90 Å². The van der Waals surface area contributed by atoms with Crippen molar-refractivity contribution in [2.24, 2.45) is 0 Å². The van der Waals surface area contributed by atoms with Gasteiger partial charge in [0, 0.05) is 13.2 Å². The number of pyridine rings is 1. The van der Waals surface area contributed by atoms with Crippen molar-refractivity contribution in [3.8, 4) is 6.07 Å². The lowest BCUT2D eigenvalue weighted by Gasteiger charge is -2.19. The maximum Gasteiger partial charge on any atom is 0.338 e. The van der Waals surface area contributed by atoms with Crippen LogP contribution in [0.3, 0.4) is 0 Å². The Kier molecular flexibility index (Phi) is 3.96. The summed E-state index contributed by atoms with van der Waals surface area (Å²) in [6.07, 6.45) is 1.53. The zero-order chi connectivity index (χ0) is 14.5. The van der Waals surface area contributed by atoms with Gasteiger partial charge in [-0.3, -0.25) is 0 Å². The number of benzene rings is 1. The van der Waals surface area contributed by atoms with Crippen molar-refractivity contribution in [2.75, 3.05) is 19.1 Å². The average Bonchev–Trinajstić information content (AvgIpc) is 2.53. The van der Waals surface area contributed by atoms with Crippen LogP contribution in [0.1, 0.15) is 15.9 Å². The molecule has 0 atom stereocenters. The van der Waals surface area contributed by atoms with Crippen LogP contribution in [0.15, 0.2) is 42.6 Å². The second kappa shape index (κ2) is 5.85. The van der Waals surface area contributed by atoms with Gasteiger partial charge in [-0.2, -0.15) is 5.26 Å². The van der Waals surface area contributed by atoms with Gasteiger partial charge >= 0.3 is 5.97 Å². The molecule has 1 aromatic heterocycles. The Morgan fingerprint density at radius 3 is 2.80 bits per heavy atom. The van der Waals surface area contributed by atoms with E-state index in [0.717, 1.165) is 5.69 Å². The molecule has 0 unspecified atom stereocenters. The zero-order valence-electron chi connectivity index (χ0n) is 11.2. The molecule has 0 saturated carbocycles. The first kappa shape index (κ1) is 13.6. The van der Waals surface area contributed by atoms with E-state index in [9.17, 15) is 4.79 Å². The highest BCUT2D eigenvalue weighted by atomic mass is 16.5. The van der Waals surface area contributed by atoms with Gasteiger partial charge in [-0.25, -0.2) is 9.78 Å². The van der Waals surface area contributed by atoms with E-state index >= 15 is 0 Å². The SMILES string of the molecule is COC(=O)c1ccnc(N(C)c2ccccc2C#N)c1. The molecule has 0 fully saturated rings. The topological polar surface area (TPSA) is 66.2 Å². The molecule has 5 heteroatoms. The van der Waals surface area contributed by atoms with Crippen LogP contribution in [0.5, 0.6) is 0 Å². The molecule has 0 spiro atoms. The number of hydrogen-bond acceptors (Lipinski definition) is 5. The monoisotopic (exact) mass is 267 g/mol. The Morgan fingerprint density at radius 1 is 1.35 bits per heavy atom. The summed E-state index contributed by atoms with van der Waals surface area (Å²) in [5, 5.41) is 9.12. The van der Waals surface area contributed by atoms with E-state index in [1.165, 1.54) is 13.3 Å². The number of nitriles is 1. The third kappa shape index (κ3) is 2.59. The Bertz CT molecular complexity index is 677. The summed E-state index contributed by atoms with van der Waals surface area (Å²) in [6.45, 7) is 0. The number of methoxy groups -OCH3 is 1.